The van der Waals surface area contributed by atoms with Crippen molar-refractivity contribution in [1.82, 2.24) is 0 Å². The standard InChI is InChI=1S/C14H18O2/c1-2-3-4-5-8-12-9-6-7-10-13(12)11-14(15)16/h5-10H,2-4,11H2,1H3,(H,15,16). The molecule has 1 rings (SSSR count). The van der Waals surface area contributed by atoms with E-state index < -0.39 is 5.97 Å². The van der Waals surface area contributed by atoms with Crippen molar-refractivity contribution < 1.29 is 9.90 Å². The van der Waals surface area contributed by atoms with Crippen LogP contribution in [0.3, 0.4) is 0 Å². The molecule has 0 amide bonds. The third-order valence-electron chi connectivity index (χ3n) is 2.42. The summed E-state index contributed by atoms with van der Waals surface area (Å²) in [7, 11) is 0. The molecule has 0 radical (unpaired) electrons. The van der Waals surface area contributed by atoms with Gasteiger partial charge in [0.2, 0.25) is 0 Å². The summed E-state index contributed by atoms with van der Waals surface area (Å²) in [6.07, 6.45) is 7.64. The van der Waals surface area contributed by atoms with Gasteiger partial charge in [-0.1, -0.05) is 56.2 Å². The van der Waals surface area contributed by atoms with E-state index in [4.69, 9.17) is 5.11 Å². The minimum absolute atomic E-state index is 0.0916. The molecular weight excluding hydrogens is 200 g/mol. The summed E-state index contributed by atoms with van der Waals surface area (Å²) < 4.78 is 0. The van der Waals surface area contributed by atoms with Gasteiger partial charge in [0.15, 0.2) is 0 Å². The molecule has 0 aliphatic carbocycles. The lowest BCUT2D eigenvalue weighted by molar-refractivity contribution is -0.136. The van der Waals surface area contributed by atoms with E-state index in [0.717, 1.165) is 17.5 Å². The topological polar surface area (TPSA) is 37.3 Å². The van der Waals surface area contributed by atoms with Crippen LogP contribution in [0, 0.1) is 0 Å². The maximum Gasteiger partial charge on any atom is 0.307 e. The Bertz CT molecular complexity index is 367. The van der Waals surface area contributed by atoms with Crippen LogP contribution in [0.2, 0.25) is 0 Å². The highest BCUT2D eigenvalue weighted by Crippen LogP contribution is 2.12. The number of aliphatic carboxylic acids is 1. The van der Waals surface area contributed by atoms with Crippen LogP contribution in [0.25, 0.3) is 6.08 Å². The van der Waals surface area contributed by atoms with E-state index >= 15 is 0 Å². The van der Waals surface area contributed by atoms with Gasteiger partial charge in [-0.25, -0.2) is 0 Å². The molecule has 16 heavy (non-hydrogen) atoms. The van der Waals surface area contributed by atoms with Crippen LogP contribution in [0.1, 0.15) is 37.3 Å². The van der Waals surface area contributed by atoms with Gasteiger partial charge in [0.1, 0.15) is 0 Å². The number of allylic oxidation sites excluding steroid dienone is 1. The Labute approximate surface area is 96.6 Å². The number of rotatable bonds is 6. The molecule has 0 heterocycles. The minimum Gasteiger partial charge on any atom is -0.481 e. The fourth-order valence-electron chi connectivity index (χ4n) is 1.55. The molecule has 1 aromatic carbocycles. The first-order valence-electron chi connectivity index (χ1n) is 5.70. The monoisotopic (exact) mass is 218 g/mol. The summed E-state index contributed by atoms with van der Waals surface area (Å²) in [5.41, 5.74) is 1.89. The van der Waals surface area contributed by atoms with Crippen molar-refractivity contribution in [3.05, 3.63) is 41.5 Å². The highest BCUT2D eigenvalue weighted by atomic mass is 16.4. The van der Waals surface area contributed by atoms with Crippen LogP contribution in [0.5, 0.6) is 0 Å². The second-order valence-electron chi connectivity index (χ2n) is 3.81. The summed E-state index contributed by atoms with van der Waals surface area (Å²) >= 11 is 0. The van der Waals surface area contributed by atoms with E-state index in [1.54, 1.807) is 0 Å². The van der Waals surface area contributed by atoms with E-state index in [0.29, 0.717) is 0 Å². The molecule has 0 aliphatic rings. The lowest BCUT2D eigenvalue weighted by atomic mass is 10.0. The van der Waals surface area contributed by atoms with Gasteiger partial charge in [0.25, 0.3) is 0 Å². The van der Waals surface area contributed by atoms with Crippen LogP contribution < -0.4 is 0 Å². The molecule has 0 fully saturated rings. The summed E-state index contributed by atoms with van der Waals surface area (Å²) in [5.74, 6) is -0.783. The molecule has 1 aromatic rings. The molecule has 0 bridgehead atoms. The Morgan fingerprint density at radius 3 is 2.81 bits per heavy atom. The van der Waals surface area contributed by atoms with Gasteiger partial charge in [0, 0.05) is 0 Å². The van der Waals surface area contributed by atoms with Crippen LogP contribution in [0.15, 0.2) is 30.3 Å². The first-order valence-corrected chi connectivity index (χ1v) is 5.70. The number of benzene rings is 1. The lowest BCUT2D eigenvalue weighted by Gasteiger charge is -2.02. The molecule has 0 aliphatic heterocycles. The summed E-state index contributed by atoms with van der Waals surface area (Å²) in [6.45, 7) is 2.16. The molecule has 0 aromatic heterocycles. The number of carbonyl (C=O) groups is 1. The zero-order valence-electron chi connectivity index (χ0n) is 9.65. The van der Waals surface area contributed by atoms with Crippen molar-refractivity contribution in [2.45, 2.75) is 32.6 Å². The smallest absolute Gasteiger partial charge is 0.307 e. The Hall–Kier alpha value is -1.57. The van der Waals surface area contributed by atoms with Gasteiger partial charge in [-0.3, -0.25) is 4.79 Å². The SMILES string of the molecule is CCCCC=Cc1ccccc1CC(=O)O. The molecular formula is C14H18O2. The van der Waals surface area contributed by atoms with Crippen molar-refractivity contribution in [2.75, 3.05) is 0 Å². The van der Waals surface area contributed by atoms with Gasteiger partial charge in [-0.05, 0) is 17.5 Å². The second kappa shape index (κ2) is 6.83. The second-order valence-corrected chi connectivity index (χ2v) is 3.81. The van der Waals surface area contributed by atoms with Gasteiger partial charge < -0.3 is 5.11 Å². The van der Waals surface area contributed by atoms with Crippen LogP contribution in [0.4, 0.5) is 0 Å². The van der Waals surface area contributed by atoms with Gasteiger partial charge in [0.05, 0.1) is 6.42 Å². The first kappa shape index (κ1) is 12.5. The number of carboxylic acids is 1. The summed E-state index contributed by atoms with van der Waals surface area (Å²) in [4.78, 5) is 10.7. The normalized spacial score (nSPS) is 10.8. The quantitative estimate of drug-likeness (QED) is 0.742. The third-order valence-corrected chi connectivity index (χ3v) is 2.42. The molecule has 1 N–H and O–H groups in total. The average molecular weight is 218 g/mol. The largest absolute Gasteiger partial charge is 0.481 e. The maximum atomic E-state index is 10.7. The van der Waals surface area contributed by atoms with Crippen molar-refractivity contribution in [2.24, 2.45) is 0 Å². The number of hydrogen-bond donors (Lipinski definition) is 1. The fraction of sp³-hybridized carbons (Fsp3) is 0.357. The van der Waals surface area contributed by atoms with Gasteiger partial charge in [-0.15, -0.1) is 0 Å². The maximum absolute atomic E-state index is 10.7. The molecule has 0 spiro atoms. The van der Waals surface area contributed by atoms with Crippen molar-refractivity contribution in [1.29, 1.82) is 0 Å². The van der Waals surface area contributed by atoms with E-state index in [-0.39, 0.29) is 6.42 Å². The molecule has 0 saturated carbocycles. The molecule has 0 unspecified atom stereocenters. The zero-order chi connectivity index (χ0) is 11.8. The highest BCUT2D eigenvalue weighted by molar-refractivity contribution is 5.72. The Morgan fingerprint density at radius 1 is 1.38 bits per heavy atom. The number of carboxylic acid groups (broad SMARTS) is 1. The number of unbranched alkanes of at least 4 members (excludes halogenated alkanes) is 2. The zero-order valence-corrected chi connectivity index (χ0v) is 9.65. The van der Waals surface area contributed by atoms with E-state index in [1.807, 2.05) is 30.3 Å². The van der Waals surface area contributed by atoms with Crippen LogP contribution >= 0.6 is 0 Å². The van der Waals surface area contributed by atoms with Crippen LogP contribution in [-0.4, -0.2) is 11.1 Å². The minimum atomic E-state index is -0.783. The fourth-order valence-corrected chi connectivity index (χ4v) is 1.55. The Morgan fingerprint density at radius 2 is 2.12 bits per heavy atom. The predicted molar refractivity (Wildman–Crippen MR) is 66.3 cm³/mol. The molecule has 2 heteroatoms. The number of hydrogen-bond acceptors (Lipinski definition) is 1. The van der Waals surface area contributed by atoms with Crippen molar-refractivity contribution in [3.63, 3.8) is 0 Å². The summed E-state index contributed by atoms with van der Waals surface area (Å²) in [6, 6.07) is 7.64. The van der Waals surface area contributed by atoms with Crippen molar-refractivity contribution >= 4 is 12.0 Å². The highest BCUT2D eigenvalue weighted by Gasteiger charge is 2.03. The Kier molecular flexibility index (Phi) is 5.34. The predicted octanol–water partition coefficient (Wildman–Crippen LogP) is 3.52. The molecule has 86 valence electrons. The molecule has 0 atom stereocenters. The lowest BCUT2D eigenvalue weighted by Crippen LogP contribution is -2.01. The molecule has 2 nitrogen and oxygen atoms in total. The van der Waals surface area contributed by atoms with Gasteiger partial charge >= 0.3 is 5.97 Å². The average Bonchev–Trinajstić information content (AvgIpc) is 2.26. The third kappa shape index (κ3) is 4.30. The van der Waals surface area contributed by atoms with E-state index in [2.05, 4.69) is 13.0 Å². The Balaban J connectivity index is 2.70. The summed E-state index contributed by atoms with van der Waals surface area (Å²) in [5, 5.41) is 8.78. The van der Waals surface area contributed by atoms with E-state index in [1.165, 1.54) is 12.8 Å². The van der Waals surface area contributed by atoms with Crippen LogP contribution in [-0.2, 0) is 11.2 Å². The van der Waals surface area contributed by atoms with Crippen molar-refractivity contribution in [3.8, 4) is 0 Å². The van der Waals surface area contributed by atoms with Gasteiger partial charge in [-0.2, -0.15) is 0 Å². The first-order chi connectivity index (χ1) is 7.74. The van der Waals surface area contributed by atoms with E-state index in [9.17, 15) is 4.79 Å². The molecule has 0 saturated heterocycles.